The summed E-state index contributed by atoms with van der Waals surface area (Å²) in [7, 11) is 0. The molecule has 1 N–H and O–H groups in total. The molecule has 1 fully saturated rings. The Balaban J connectivity index is 1.98. The molecular formula is C18H28FN. The Kier molecular flexibility index (Phi) is 6.03. The van der Waals surface area contributed by atoms with E-state index in [0.29, 0.717) is 6.04 Å². The van der Waals surface area contributed by atoms with Gasteiger partial charge in [-0.2, -0.15) is 0 Å². The molecule has 0 radical (unpaired) electrons. The van der Waals surface area contributed by atoms with Crippen molar-refractivity contribution in [3.63, 3.8) is 0 Å². The summed E-state index contributed by atoms with van der Waals surface area (Å²) in [5.41, 5.74) is 2.34. The van der Waals surface area contributed by atoms with Crippen molar-refractivity contribution in [2.45, 2.75) is 64.8 Å². The molecule has 0 bridgehead atoms. The lowest BCUT2D eigenvalue weighted by Gasteiger charge is -2.25. The first-order chi connectivity index (χ1) is 9.70. The summed E-state index contributed by atoms with van der Waals surface area (Å²) in [4.78, 5) is 0. The van der Waals surface area contributed by atoms with Crippen molar-refractivity contribution < 1.29 is 4.39 Å². The second-order valence-electron chi connectivity index (χ2n) is 6.19. The number of nitrogens with one attached hydrogen (secondary N) is 1. The normalized spacial score (nSPS) is 18.1. The SMILES string of the molecule is CCNC(CCC1CCCCC1)c1ccc(F)cc1C. The van der Waals surface area contributed by atoms with E-state index in [1.54, 1.807) is 12.1 Å². The molecule has 112 valence electrons. The average molecular weight is 277 g/mol. The minimum Gasteiger partial charge on any atom is -0.310 e. The molecule has 1 nitrogen and oxygen atoms in total. The average Bonchev–Trinajstić information content (AvgIpc) is 2.45. The molecule has 1 unspecified atom stereocenters. The predicted molar refractivity (Wildman–Crippen MR) is 83.4 cm³/mol. The fourth-order valence-electron chi connectivity index (χ4n) is 3.52. The van der Waals surface area contributed by atoms with Gasteiger partial charge in [0.25, 0.3) is 0 Å². The molecule has 1 aromatic rings. The molecule has 1 aliphatic rings. The van der Waals surface area contributed by atoms with Crippen molar-refractivity contribution in [3.05, 3.63) is 35.1 Å². The van der Waals surface area contributed by atoms with E-state index in [4.69, 9.17) is 0 Å². The summed E-state index contributed by atoms with van der Waals surface area (Å²) >= 11 is 0. The Morgan fingerprint density at radius 2 is 2.00 bits per heavy atom. The van der Waals surface area contributed by atoms with Gasteiger partial charge in [-0.25, -0.2) is 4.39 Å². The highest BCUT2D eigenvalue weighted by atomic mass is 19.1. The van der Waals surface area contributed by atoms with Crippen LogP contribution in [-0.4, -0.2) is 6.54 Å². The molecule has 2 heteroatoms. The third-order valence-electron chi connectivity index (χ3n) is 4.65. The van der Waals surface area contributed by atoms with Crippen molar-refractivity contribution >= 4 is 0 Å². The fraction of sp³-hybridized carbons (Fsp3) is 0.667. The molecule has 0 saturated heterocycles. The van der Waals surface area contributed by atoms with Crippen LogP contribution in [0.25, 0.3) is 0 Å². The third-order valence-corrected chi connectivity index (χ3v) is 4.65. The maximum Gasteiger partial charge on any atom is 0.123 e. The lowest BCUT2D eigenvalue weighted by atomic mass is 9.84. The molecule has 1 aromatic carbocycles. The Bertz CT molecular complexity index is 410. The van der Waals surface area contributed by atoms with Crippen LogP contribution >= 0.6 is 0 Å². The minimum absolute atomic E-state index is 0.131. The van der Waals surface area contributed by atoms with Crippen LogP contribution in [0.3, 0.4) is 0 Å². The van der Waals surface area contributed by atoms with Crippen molar-refractivity contribution in [3.8, 4) is 0 Å². The van der Waals surface area contributed by atoms with Gasteiger partial charge in [0.1, 0.15) is 5.82 Å². The molecule has 0 heterocycles. The zero-order valence-electron chi connectivity index (χ0n) is 12.9. The Labute approximate surface area is 123 Å². The molecule has 1 atom stereocenters. The second kappa shape index (κ2) is 7.78. The smallest absolute Gasteiger partial charge is 0.123 e. The van der Waals surface area contributed by atoms with Gasteiger partial charge in [-0.15, -0.1) is 0 Å². The molecule has 20 heavy (non-hydrogen) atoms. The van der Waals surface area contributed by atoms with E-state index in [9.17, 15) is 4.39 Å². The zero-order chi connectivity index (χ0) is 14.4. The standard InChI is InChI=1S/C18H28FN/c1-3-20-18(12-9-15-7-5-4-6-8-15)17-11-10-16(19)13-14(17)2/h10-11,13,15,18,20H,3-9,12H2,1-2H3. The van der Waals surface area contributed by atoms with Crippen LogP contribution < -0.4 is 5.32 Å². The summed E-state index contributed by atoms with van der Waals surface area (Å²) in [6.45, 7) is 5.13. The monoisotopic (exact) mass is 277 g/mol. The first-order valence-electron chi connectivity index (χ1n) is 8.20. The van der Waals surface area contributed by atoms with Crippen LogP contribution in [-0.2, 0) is 0 Å². The van der Waals surface area contributed by atoms with Crippen LogP contribution in [0, 0.1) is 18.7 Å². The first-order valence-corrected chi connectivity index (χ1v) is 8.20. The highest BCUT2D eigenvalue weighted by Crippen LogP contribution is 2.31. The topological polar surface area (TPSA) is 12.0 Å². The van der Waals surface area contributed by atoms with Gasteiger partial charge >= 0.3 is 0 Å². The van der Waals surface area contributed by atoms with Gasteiger partial charge in [-0.3, -0.25) is 0 Å². The van der Waals surface area contributed by atoms with Crippen molar-refractivity contribution in [2.75, 3.05) is 6.54 Å². The van der Waals surface area contributed by atoms with E-state index in [-0.39, 0.29) is 5.82 Å². The largest absolute Gasteiger partial charge is 0.310 e. The van der Waals surface area contributed by atoms with Crippen LogP contribution in [0.2, 0.25) is 0 Å². The van der Waals surface area contributed by atoms with Gasteiger partial charge in [0.05, 0.1) is 0 Å². The molecule has 1 saturated carbocycles. The maximum atomic E-state index is 13.3. The van der Waals surface area contributed by atoms with Crippen LogP contribution in [0.4, 0.5) is 4.39 Å². The van der Waals surface area contributed by atoms with E-state index < -0.39 is 0 Å². The highest BCUT2D eigenvalue weighted by molar-refractivity contribution is 5.29. The molecular weight excluding hydrogens is 249 g/mol. The van der Waals surface area contributed by atoms with Gasteiger partial charge in [-0.1, -0.05) is 45.1 Å². The van der Waals surface area contributed by atoms with E-state index in [0.717, 1.165) is 18.0 Å². The summed E-state index contributed by atoms with van der Waals surface area (Å²) in [5.74, 6) is 0.777. The van der Waals surface area contributed by atoms with E-state index in [2.05, 4.69) is 12.2 Å². The molecule has 0 aliphatic heterocycles. The summed E-state index contributed by atoms with van der Waals surface area (Å²) in [6.07, 6.45) is 9.52. The molecule has 0 spiro atoms. The number of aryl methyl sites for hydroxylation is 1. The van der Waals surface area contributed by atoms with Gasteiger partial charge < -0.3 is 5.32 Å². The fourth-order valence-corrected chi connectivity index (χ4v) is 3.52. The summed E-state index contributed by atoms with van der Waals surface area (Å²) < 4.78 is 13.3. The van der Waals surface area contributed by atoms with Crippen molar-refractivity contribution in [1.29, 1.82) is 0 Å². The van der Waals surface area contributed by atoms with Crippen LogP contribution in [0.1, 0.15) is 69.0 Å². The quantitative estimate of drug-likeness (QED) is 0.758. The van der Waals surface area contributed by atoms with Crippen LogP contribution in [0.15, 0.2) is 18.2 Å². The number of hydrogen-bond donors (Lipinski definition) is 1. The van der Waals surface area contributed by atoms with E-state index >= 15 is 0 Å². The highest BCUT2D eigenvalue weighted by Gasteiger charge is 2.18. The Morgan fingerprint density at radius 3 is 2.65 bits per heavy atom. The number of rotatable bonds is 6. The molecule has 0 amide bonds. The van der Waals surface area contributed by atoms with Gasteiger partial charge in [0.2, 0.25) is 0 Å². The lowest BCUT2D eigenvalue weighted by Crippen LogP contribution is -2.23. The summed E-state index contributed by atoms with van der Waals surface area (Å²) in [5, 5.41) is 3.58. The predicted octanol–water partition coefficient (Wildman–Crippen LogP) is 5.15. The lowest BCUT2D eigenvalue weighted by molar-refractivity contribution is 0.315. The molecule has 0 aromatic heterocycles. The zero-order valence-corrected chi connectivity index (χ0v) is 12.9. The Hall–Kier alpha value is -0.890. The van der Waals surface area contributed by atoms with Gasteiger partial charge in [0.15, 0.2) is 0 Å². The summed E-state index contributed by atoms with van der Waals surface area (Å²) in [6, 6.07) is 5.58. The van der Waals surface area contributed by atoms with Crippen molar-refractivity contribution in [2.24, 2.45) is 5.92 Å². The maximum absolute atomic E-state index is 13.3. The second-order valence-corrected chi connectivity index (χ2v) is 6.19. The van der Waals surface area contributed by atoms with E-state index in [1.807, 2.05) is 13.0 Å². The molecule has 2 rings (SSSR count). The third kappa shape index (κ3) is 4.31. The van der Waals surface area contributed by atoms with Gasteiger partial charge in [0, 0.05) is 6.04 Å². The number of benzene rings is 1. The number of hydrogen-bond acceptors (Lipinski definition) is 1. The Morgan fingerprint density at radius 1 is 1.25 bits per heavy atom. The van der Waals surface area contributed by atoms with Crippen molar-refractivity contribution in [1.82, 2.24) is 5.32 Å². The van der Waals surface area contributed by atoms with Crippen LogP contribution in [0.5, 0.6) is 0 Å². The molecule has 1 aliphatic carbocycles. The minimum atomic E-state index is -0.131. The number of halogens is 1. The van der Waals surface area contributed by atoms with Gasteiger partial charge in [-0.05, 0) is 55.5 Å². The first kappa shape index (κ1) is 15.5. The van der Waals surface area contributed by atoms with E-state index in [1.165, 1.54) is 50.5 Å².